The van der Waals surface area contributed by atoms with Crippen LogP contribution in [0.4, 0.5) is 14.5 Å². The standard InChI is InChI=1S/C12H16F2N2O3/c13-12(14)9-15(7-8-17)6-5-10-1-3-11(4-2-10)16(18)19/h1-4,12,17H,5-9H2. The van der Waals surface area contributed by atoms with Gasteiger partial charge in [-0.15, -0.1) is 0 Å². The molecule has 0 unspecified atom stereocenters. The summed E-state index contributed by atoms with van der Waals surface area (Å²) in [6.45, 7) is 0.0144. The van der Waals surface area contributed by atoms with Gasteiger partial charge in [0, 0.05) is 25.2 Å². The molecule has 19 heavy (non-hydrogen) atoms. The van der Waals surface area contributed by atoms with Gasteiger partial charge in [-0.05, 0) is 12.0 Å². The number of aliphatic hydroxyl groups excluding tert-OH is 1. The van der Waals surface area contributed by atoms with Crippen LogP contribution in [-0.4, -0.2) is 47.6 Å². The van der Waals surface area contributed by atoms with Gasteiger partial charge < -0.3 is 5.11 Å². The van der Waals surface area contributed by atoms with E-state index in [9.17, 15) is 18.9 Å². The topological polar surface area (TPSA) is 66.6 Å². The highest BCUT2D eigenvalue weighted by Gasteiger charge is 2.11. The van der Waals surface area contributed by atoms with Crippen molar-refractivity contribution >= 4 is 5.69 Å². The minimum absolute atomic E-state index is 0.00328. The maximum Gasteiger partial charge on any atom is 0.269 e. The van der Waals surface area contributed by atoms with Gasteiger partial charge in [0.25, 0.3) is 12.1 Å². The van der Waals surface area contributed by atoms with E-state index < -0.39 is 11.3 Å². The molecule has 1 N–H and O–H groups in total. The normalized spacial score (nSPS) is 11.2. The van der Waals surface area contributed by atoms with Gasteiger partial charge in [-0.25, -0.2) is 8.78 Å². The van der Waals surface area contributed by atoms with E-state index in [1.807, 2.05) is 0 Å². The van der Waals surface area contributed by atoms with Crippen LogP contribution in [0.1, 0.15) is 5.56 Å². The number of nitro benzene ring substituents is 1. The molecular formula is C12H16F2N2O3. The van der Waals surface area contributed by atoms with Crippen LogP contribution in [0.2, 0.25) is 0 Å². The molecule has 0 amide bonds. The Morgan fingerprint density at radius 3 is 2.37 bits per heavy atom. The van der Waals surface area contributed by atoms with Gasteiger partial charge in [0.1, 0.15) is 0 Å². The van der Waals surface area contributed by atoms with Crippen LogP contribution in [0.5, 0.6) is 0 Å². The van der Waals surface area contributed by atoms with Gasteiger partial charge in [-0.1, -0.05) is 12.1 Å². The Labute approximate surface area is 109 Å². The first-order valence-corrected chi connectivity index (χ1v) is 5.87. The van der Waals surface area contributed by atoms with Crippen molar-refractivity contribution in [1.29, 1.82) is 0 Å². The number of hydrogen-bond donors (Lipinski definition) is 1. The molecule has 0 aromatic heterocycles. The van der Waals surface area contributed by atoms with Crippen molar-refractivity contribution < 1.29 is 18.8 Å². The molecule has 0 aliphatic heterocycles. The number of aliphatic hydroxyl groups is 1. The maximum atomic E-state index is 12.3. The van der Waals surface area contributed by atoms with Crippen LogP contribution < -0.4 is 0 Å². The van der Waals surface area contributed by atoms with Crippen molar-refractivity contribution in [1.82, 2.24) is 4.90 Å². The SMILES string of the molecule is O=[N+]([O-])c1ccc(CCN(CCO)CC(F)F)cc1. The number of rotatable bonds is 8. The van der Waals surface area contributed by atoms with Gasteiger partial charge in [0.15, 0.2) is 0 Å². The fraction of sp³-hybridized carbons (Fsp3) is 0.500. The number of hydrogen-bond acceptors (Lipinski definition) is 4. The van der Waals surface area contributed by atoms with Crippen LogP contribution >= 0.6 is 0 Å². The molecule has 0 saturated carbocycles. The van der Waals surface area contributed by atoms with Gasteiger partial charge in [0.05, 0.1) is 18.1 Å². The van der Waals surface area contributed by atoms with E-state index in [2.05, 4.69) is 0 Å². The summed E-state index contributed by atoms with van der Waals surface area (Å²) in [6.07, 6.45) is -1.94. The van der Waals surface area contributed by atoms with E-state index in [0.29, 0.717) is 13.0 Å². The minimum Gasteiger partial charge on any atom is -0.395 e. The summed E-state index contributed by atoms with van der Waals surface area (Å²) < 4.78 is 24.6. The summed E-state index contributed by atoms with van der Waals surface area (Å²) in [5, 5.41) is 19.3. The first kappa shape index (κ1) is 15.5. The number of alkyl halides is 2. The first-order valence-electron chi connectivity index (χ1n) is 5.87. The molecule has 0 spiro atoms. The second-order valence-corrected chi connectivity index (χ2v) is 4.09. The molecule has 7 heteroatoms. The Morgan fingerprint density at radius 2 is 1.89 bits per heavy atom. The van der Waals surface area contributed by atoms with Crippen LogP contribution in [0, 0.1) is 10.1 Å². The molecular weight excluding hydrogens is 258 g/mol. The predicted molar refractivity (Wildman–Crippen MR) is 66.3 cm³/mol. The van der Waals surface area contributed by atoms with Crippen LogP contribution in [0.3, 0.4) is 0 Å². The Morgan fingerprint density at radius 1 is 1.26 bits per heavy atom. The lowest BCUT2D eigenvalue weighted by atomic mass is 10.1. The molecule has 0 atom stereocenters. The lowest BCUT2D eigenvalue weighted by Crippen LogP contribution is -2.33. The highest BCUT2D eigenvalue weighted by Crippen LogP contribution is 2.12. The molecule has 0 aliphatic rings. The molecule has 0 fully saturated rings. The number of non-ortho nitro benzene ring substituents is 1. The zero-order chi connectivity index (χ0) is 14.3. The summed E-state index contributed by atoms with van der Waals surface area (Å²) >= 11 is 0. The van der Waals surface area contributed by atoms with Crippen molar-refractivity contribution in [2.75, 3.05) is 26.2 Å². The summed E-state index contributed by atoms with van der Waals surface area (Å²) in [5.41, 5.74) is 0.839. The molecule has 0 heterocycles. The third kappa shape index (κ3) is 5.71. The molecule has 1 aromatic rings. The first-order chi connectivity index (χ1) is 9.02. The van der Waals surface area contributed by atoms with Crippen molar-refractivity contribution in [2.45, 2.75) is 12.8 Å². The largest absolute Gasteiger partial charge is 0.395 e. The Hall–Kier alpha value is -1.60. The van der Waals surface area contributed by atoms with Crippen LogP contribution in [-0.2, 0) is 6.42 Å². The Kier molecular flexibility index (Phi) is 6.31. The van der Waals surface area contributed by atoms with E-state index in [1.54, 1.807) is 12.1 Å². The molecule has 1 rings (SSSR count). The number of benzene rings is 1. The average Bonchev–Trinajstić information content (AvgIpc) is 2.36. The molecule has 0 saturated heterocycles. The van der Waals surface area contributed by atoms with Crippen LogP contribution in [0.25, 0.3) is 0 Å². The summed E-state index contributed by atoms with van der Waals surface area (Å²) in [7, 11) is 0. The minimum atomic E-state index is -2.44. The molecule has 0 aliphatic carbocycles. The summed E-state index contributed by atoms with van der Waals surface area (Å²) in [5.74, 6) is 0. The summed E-state index contributed by atoms with van der Waals surface area (Å²) in [4.78, 5) is 11.4. The smallest absolute Gasteiger partial charge is 0.269 e. The zero-order valence-electron chi connectivity index (χ0n) is 10.3. The number of nitrogens with zero attached hydrogens (tertiary/aromatic N) is 2. The predicted octanol–water partition coefficient (Wildman–Crippen LogP) is 1.70. The van der Waals surface area contributed by atoms with Gasteiger partial charge in [-0.2, -0.15) is 0 Å². The molecule has 0 bridgehead atoms. The van der Waals surface area contributed by atoms with E-state index in [0.717, 1.165) is 5.56 Å². The molecule has 0 radical (unpaired) electrons. The van der Waals surface area contributed by atoms with Gasteiger partial charge >= 0.3 is 0 Å². The highest BCUT2D eigenvalue weighted by molar-refractivity contribution is 5.32. The zero-order valence-corrected chi connectivity index (χ0v) is 10.3. The second-order valence-electron chi connectivity index (χ2n) is 4.09. The average molecular weight is 274 g/mol. The van der Waals surface area contributed by atoms with Crippen molar-refractivity contribution in [3.05, 3.63) is 39.9 Å². The van der Waals surface area contributed by atoms with Crippen molar-refractivity contribution in [2.24, 2.45) is 0 Å². The van der Waals surface area contributed by atoms with E-state index in [-0.39, 0.29) is 25.4 Å². The van der Waals surface area contributed by atoms with Crippen molar-refractivity contribution in [3.8, 4) is 0 Å². The molecule has 5 nitrogen and oxygen atoms in total. The highest BCUT2D eigenvalue weighted by atomic mass is 19.3. The Bertz CT molecular complexity index is 398. The van der Waals surface area contributed by atoms with Crippen molar-refractivity contribution in [3.63, 3.8) is 0 Å². The number of halogens is 2. The molecule has 106 valence electrons. The maximum absolute atomic E-state index is 12.3. The lowest BCUT2D eigenvalue weighted by Gasteiger charge is -2.20. The lowest BCUT2D eigenvalue weighted by molar-refractivity contribution is -0.384. The van der Waals surface area contributed by atoms with E-state index in [4.69, 9.17) is 5.11 Å². The second kappa shape index (κ2) is 7.75. The van der Waals surface area contributed by atoms with E-state index >= 15 is 0 Å². The fourth-order valence-electron chi connectivity index (χ4n) is 1.70. The van der Waals surface area contributed by atoms with Gasteiger partial charge in [-0.3, -0.25) is 15.0 Å². The third-order valence-corrected chi connectivity index (χ3v) is 2.68. The van der Waals surface area contributed by atoms with E-state index in [1.165, 1.54) is 17.0 Å². The van der Waals surface area contributed by atoms with Gasteiger partial charge in [0.2, 0.25) is 0 Å². The number of nitro groups is 1. The third-order valence-electron chi connectivity index (χ3n) is 2.68. The molecule has 1 aromatic carbocycles. The summed E-state index contributed by atoms with van der Waals surface area (Å²) in [6, 6.07) is 5.99. The Balaban J connectivity index is 2.51. The fourth-order valence-corrected chi connectivity index (χ4v) is 1.70. The quantitative estimate of drug-likeness (QED) is 0.578. The van der Waals surface area contributed by atoms with Crippen LogP contribution in [0.15, 0.2) is 24.3 Å². The monoisotopic (exact) mass is 274 g/mol.